The molecule has 104 valence electrons. The van der Waals surface area contributed by atoms with Crippen molar-refractivity contribution in [3.63, 3.8) is 0 Å². The van der Waals surface area contributed by atoms with Gasteiger partial charge in [-0.05, 0) is 25.7 Å². The third kappa shape index (κ3) is 4.64. The molecule has 0 aromatic carbocycles. The van der Waals surface area contributed by atoms with Gasteiger partial charge >= 0.3 is 0 Å². The minimum atomic E-state index is 0.0371. The van der Waals surface area contributed by atoms with Gasteiger partial charge in [-0.25, -0.2) is 0 Å². The van der Waals surface area contributed by atoms with Gasteiger partial charge in [0.15, 0.2) is 0 Å². The number of nitrogens with one attached hydrogen (secondary N) is 1. The maximum absolute atomic E-state index is 11.8. The SMILES string of the molecule is CCN(CCCO)C(=O)CCNC(=O)C1CC1C. The van der Waals surface area contributed by atoms with Crippen molar-refractivity contribution >= 4 is 11.8 Å². The average Bonchev–Trinajstić information content (AvgIpc) is 3.07. The first kappa shape index (κ1) is 15.0. The van der Waals surface area contributed by atoms with Crippen molar-refractivity contribution in [3.8, 4) is 0 Å². The zero-order chi connectivity index (χ0) is 13.5. The fourth-order valence-corrected chi connectivity index (χ4v) is 1.99. The zero-order valence-corrected chi connectivity index (χ0v) is 11.3. The van der Waals surface area contributed by atoms with Crippen molar-refractivity contribution in [1.82, 2.24) is 10.2 Å². The lowest BCUT2D eigenvalue weighted by molar-refractivity contribution is -0.131. The topological polar surface area (TPSA) is 69.6 Å². The molecule has 5 nitrogen and oxygen atoms in total. The quantitative estimate of drug-likeness (QED) is 0.659. The normalized spacial score (nSPS) is 21.5. The Morgan fingerprint density at radius 2 is 2.11 bits per heavy atom. The Hall–Kier alpha value is -1.10. The summed E-state index contributed by atoms with van der Waals surface area (Å²) in [4.78, 5) is 25.1. The van der Waals surface area contributed by atoms with Crippen LogP contribution >= 0.6 is 0 Å². The molecule has 0 aliphatic heterocycles. The Bertz CT molecular complexity index is 294. The van der Waals surface area contributed by atoms with Crippen LogP contribution in [0.25, 0.3) is 0 Å². The summed E-state index contributed by atoms with van der Waals surface area (Å²) in [6.07, 6.45) is 1.91. The van der Waals surface area contributed by atoms with Crippen LogP contribution in [0.1, 0.15) is 33.1 Å². The lowest BCUT2D eigenvalue weighted by Crippen LogP contribution is -2.35. The van der Waals surface area contributed by atoms with E-state index < -0.39 is 0 Å². The van der Waals surface area contributed by atoms with Crippen LogP contribution in [0.4, 0.5) is 0 Å². The molecule has 5 heteroatoms. The molecule has 1 rings (SSSR count). The van der Waals surface area contributed by atoms with E-state index in [2.05, 4.69) is 12.2 Å². The van der Waals surface area contributed by atoms with Crippen LogP contribution < -0.4 is 5.32 Å². The number of carbonyl (C=O) groups is 2. The number of amides is 2. The van der Waals surface area contributed by atoms with Crippen LogP contribution in [0.3, 0.4) is 0 Å². The molecule has 0 aromatic heterocycles. The van der Waals surface area contributed by atoms with Crippen molar-refractivity contribution in [2.24, 2.45) is 11.8 Å². The first-order chi connectivity index (χ1) is 8.60. The molecular weight excluding hydrogens is 232 g/mol. The second-order valence-electron chi connectivity index (χ2n) is 4.91. The van der Waals surface area contributed by atoms with E-state index in [9.17, 15) is 9.59 Å². The minimum absolute atomic E-state index is 0.0371. The standard InChI is InChI=1S/C13H24N2O3/c1-3-15(7-4-8-16)12(17)5-6-14-13(18)11-9-10(11)2/h10-11,16H,3-9H2,1-2H3,(H,14,18). The van der Waals surface area contributed by atoms with E-state index in [0.29, 0.717) is 38.4 Å². The van der Waals surface area contributed by atoms with E-state index in [1.165, 1.54) is 0 Å². The lowest BCUT2D eigenvalue weighted by atomic mass is 10.3. The second kappa shape index (κ2) is 7.36. The molecule has 2 unspecified atom stereocenters. The number of hydrogen-bond acceptors (Lipinski definition) is 3. The minimum Gasteiger partial charge on any atom is -0.396 e. The van der Waals surface area contributed by atoms with E-state index in [4.69, 9.17) is 5.11 Å². The predicted molar refractivity (Wildman–Crippen MR) is 68.9 cm³/mol. The van der Waals surface area contributed by atoms with Crippen LogP contribution in [-0.2, 0) is 9.59 Å². The molecule has 2 amide bonds. The summed E-state index contributed by atoms with van der Waals surface area (Å²) in [6, 6.07) is 0. The van der Waals surface area contributed by atoms with E-state index in [1.807, 2.05) is 6.92 Å². The van der Waals surface area contributed by atoms with E-state index >= 15 is 0 Å². The molecule has 1 saturated carbocycles. The Balaban J connectivity index is 2.16. The molecule has 2 atom stereocenters. The maximum atomic E-state index is 11.8. The highest BCUT2D eigenvalue weighted by molar-refractivity contribution is 5.82. The summed E-state index contributed by atoms with van der Waals surface area (Å²) >= 11 is 0. The van der Waals surface area contributed by atoms with Crippen LogP contribution in [-0.4, -0.2) is 48.1 Å². The smallest absolute Gasteiger partial charge is 0.224 e. The van der Waals surface area contributed by atoms with Gasteiger partial charge in [0.05, 0.1) is 0 Å². The van der Waals surface area contributed by atoms with Crippen molar-refractivity contribution in [2.75, 3.05) is 26.2 Å². The molecule has 0 spiro atoms. The Morgan fingerprint density at radius 1 is 1.44 bits per heavy atom. The Labute approximate surface area is 109 Å². The average molecular weight is 256 g/mol. The fraction of sp³-hybridized carbons (Fsp3) is 0.846. The second-order valence-corrected chi connectivity index (χ2v) is 4.91. The molecule has 0 aromatic rings. The van der Waals surface area contributed by atoms with E-state index in [0.717, 1.165) is 6.42 Å². The van der Waals surface area contributed by atoms with Gasteiger partial charge in [0.1, 0.15) is 0 Å². The number of rotatable bonds is 8. The monoisotopic (exact) mass is 256 g/mol. The van der Waals surface area contributed by atoms with Crippen LogP contribution in [0, 0.1) is 11.8 Å². The Morgan fingerprint density at radius 3 is 2.61 bits per heavy atom. The van der Waals surface area contributed by atoms with Crippen molar-refractivity contribution < 1.29 is 14.7 Å². The number of aliphatic hydroxyl groups is 1. The molecule has 0 radical (unpaired) electrons. The maximum Gasteiger partial charge on any atom is 0.224 e. The predicted octanol–water partition coefficient (Wildman–Crippen LogP) is 0.380. The van der Waals surface area contributed by atoms with E-state index in [-0.39, 0.29) is 24.3 Å². The van der Waals surface area contributed by atoms with Crippen molar-refractivity contribution in [1.29, 1.82) is 0 Å². The molecule has 1 aliphatic carbocycles. The summed E-state index contributed by atoms with van der Waals surface area (Å²) in [6.45, 7) is 5.71. The van der Waals surface area contributed by atoms with Crippen LogP contribution in [0.2, 0.25) is 0 Å². The first-order valence-corrected chi connectivity index (χ1v) is 6.76. The summed E-state index contributed by atoms with van der Waals surface area (Å²) in [5, 5.41) is 11.5. The summed E-state index contributed by atoms with van der Waals surface area (Å²) in [5.41, 5.74) is 0. The number of carbonyl (C=O) groups excluding carboxylic acids is 2. The number of aliphatic hydroxyl groups excluding tert-OH is 1. The largest absolute Gasteiger partial charge is 0.396 e. The summed E-state index contributed by atoms with van der Waals surface area (Å²) in [5.74, 6) is 0.776. The van der Waals surface area contributed by atoms with E-state index in [1.54, 1.807) is 4.90 Å². The van der Waals surface area contributed by atoms with Crippen LogP contribution in [0.15, 0.2) is 0 Å². The Kier molecular flexibility index (Phi) is 6.12. The van der Waals surface area contributed by atoms with Gasteiger partial charge in [0.25, 0.3) is 0 Å². The molecular formula is C13H24N2O3. The van der Waals surface area contributed by atoms with Gasteiger partial charge < -0.3 is 15.3 Å². The third-order valence-corrected chi connectivity index (χ3v) is 3.40. The third-order valence-electron chi connectivity index (χ3n) is 3.40. The highest BCUT2D eigenvalue weighted by Crippen LogP contribution is 2.37. The highest BCUT2D eigenvalue weighted by atomic mass is 16.3. The molecule has 1 fully saturated rings. The van der Waals surface area contributed by atoms with Gasteiger partial charge in [0, 0.05) is 38.6 Å². The summed E-state index contributed by atoms with van der Waals surface area (Å²) < 4.78 is 0. The lowest BCUT2D eigenvalue weighted by Gasteiger charge is -2.20. The van der Waals surface area contributed by atoms with Crippen molar-refractivity contribution in [3.05, 3.63) is 0 Å². The molecule has 0 bridgehead atoms. The van der Waals surface area contributed by atoms with Gasteiger partial charge in [-0.1, -0.05) is 6.92 Å². The molecule has 2 N–H and O–H groups in total. The molecule has 1 aliphatic rings. The fourth-order valence-electron chi connectivity index (χ4n) is 1.99. The van der Waals surface area contributed by atoms with Crippen LogP contribution in [0.5, 0.6) is 0 Å². The van der Waals surface area contributed by atoms with Crippen molar-refractivity contribution in [2.45, 2.75) is 33.1 Å². The van der Waals surface area contributed by atoms with Gasteiger partial charge in [-0.2, -0.15) is 0 Å². The van der Waals surface area contributed by atoms with Gasteiger partial charge in [-0.3, -0.25) is 9.59 Å². The van der Waals surface area contributed by atoms with Gasteiger partial charge in [0.2, 0.25) is 11.8 Å². The first-order valence-electron chi connectivity index (χ1n) is 6.76. The molecule has 0 saturated heterocycles. The van der Waals surface area contributed by atoms with Gasteiger partial charge in [-0.15, -0.1) is 0 Å². The highest BCUT2D eigenvalue weighted by Gasteiger charge is 2.38. The molecule has 18 heavy (non-hydrogen) atoms. The zero-order valence-electron chi connectivity index (χ0n) is 11.3. The number of nitrogens with zero attached hydrogens (tertiary/aromatic N) is 1. The number of hydrogen-bond donors (Lipinski definition) is 2. The molecule has 0 heterocycles. The summed E-state index contributed by atoms with van der Waals surface area (Å²) in [7, 11) is 0.